The zero-order valence-corrected chi connectivity index (χ0v) is 15.1. The minimum absolute atomic E-state index is 0.242. The predicted molar refractivity (Wildman–Crippen MR) is 98.7 cm³/mol. The molecule has 5 nitrogen and oxygen atoms in total. The molecule has 25 heavy (non-hydrogen) atoms. The van der Waals surface area contributed by atoms with E-state index in [1.165, 1.54) is 10.9 Å². The average molecular weight is 341 g/mol. The molecule has 2 atom stereocenters. The molecule has 134 valence electrons. The third-order valence-corrected chi connectivity index (χ3v) is 5.78. The van der Waals surface area contributed by atoms with Crippen LogP contribution in [0.1, 0.15) is 18.1 Å². The Kier molecular flexibility index (Phi) is 4.52. The Hall–Kier alpha value is -1.85. The number of rotatable bonds is 3. The number of fused-ring (bicyclic) bond motifs is 1. The Balaban J connectivity index is 1.46. The first-order chi connectivity index (χ1) is 12.1. The molecule has 3 heterocycles. The van der Waals surface area contributed by atoms with Crippen LogP contribution in [0.5, 0.6) is 0 Å². The van der Waals surface area contributed by atoms with Gasteiger partial charge in [-0.05, 0) is 30.0 Å². The van der Waals surface area contributed by atoms with Crippen LogP contribution in [0.3, 0.4) is 0 Å². The Morgan fingerprint density at radius 3 is 2.88 bits per heavy atom. The number of hydrogen-bond acceptors (Lipinski definition) is 3. The summed E-state index contributed by atoms with van der Waals surface area (Å²) >= 11 is 0. The highest BCUT2D eigenvalue weighted by atomic mass is 16.5. The number of ether oxygens (including phenoxy) is 1. The number of morpholine rings is 1. The number of aromatic amines is 1. The second-order valence-electron chi connectivity index (χ2n) is 7.48. The molecule has 5 heteroatoms. The van der Waals surface area contributed by atoms with Crippen LogP contribution >= 0.6 is 0 Å². The highest BCUT2D eigenvalue weighted by Gasteiger charge is 2.36. The summed E-state index contributed by atoms with van der Waals surface area (Å²) < 4.78 is 5.47. The number of carbonyl (C=O) groups excluding carboxylic acids is 1. The van der Waals surface area contributed by atoms with Gasteiger partial charge in [-0.2, -0.15) is 0 Å². The lowest BCUT2D eigenvalue weighted by molar-refractivity contribution is -0.129. The smallest absolute Gasteiger partial charge is 0.227 e. The van der Waals surface area contributed by atoms with Crippen LogP contribution in [-0.2, 0) is 16.0 Å². The summed E-state index contributed by atoms with van der Waals surface area (Å²) in [6, 6.07) is 6.70. The molecular weight excluding hydrogens is 314 g/mol. The molecule has 0 radical (unpaired) electrons. The maximum Gasteiger partial charge on any atom is 0.227 e. The van der Waals surface area contributed by atoms with Crippen LogP contribution < -0.4 is 0 Å². The summed E-state index contributed by atoms with van der Waals surface area (Å²) in [5, 5.41) is 1.20. The first kappa shape index (κ1) is 16.6. The lowest BCUT2D eigenvalue weighted by Crippen LogP contribution is -2.47. The number of nitrogens with zero attached hydrogens (tertiary/aromatic N) is 2. The Labute approximate surface area is 148 Å². The van der Waals surface area contributed by atoms with Gasteiger partial charge >= 0.3 is 0 Å². The van der Waals surface area contributed by atoms with Crippen molar-refractivity contribution in [3.8, 4) is 0 Å². The number of H-pyrrole nitrogens is 1. The number of nitrogens with one attached hydrogen (secondary N) is 1. The van der Waals surface area contributed by atoms with Gasteiger partial charge in [0.1, 0.15) is 0 Å². The number of carbonyl (C=O) groups is 1. The van der Waals surface area contributed by atoms with E-state index in [4.69, 9.17) is 4.74 Å². The number of benzene rings is 1. The molecule has 2 aliphatic rings. The highest BCUT2D eigenvalue weighted by molar-refractivity contribution is 5.91. The summed E-state index contributed by atoms with van der Waals surface area (Å²) in [6.07, 6.45) is 2.47. The fraction of sp³-hybridized carbons (Fsp3) is 0.550. The standard InChI is InChI=1S/C20H27N3O2/c1-14-4-3-5-17-20(14)16(11-21-17)10-19(24)23-12-15(2)18(13-23)22-6-8-25-9-7-22/h3-5,11,15,18,21H,6-10,12-13H2,1-2H3/t15-,18+/m0/s1. The van der Waals surface area contributed by atoms with Crippen LogP contribution in [0, 0.1) is 12.8 Å². The molecular formula is C20H27N3O2. The lowest BCUT2D eigenvalue weighted by atomic mass is 10.0. The number of aryl methyl sites for hydroxylation is 1. The molecule has 1 aromatic heterocycles. The summed E-state index contributed by atoms with van der Waals surface area (Å²) in [5.74, 6) is 0.763. The maximum atomic E-state index is 12.9. The lowest BCUT2D eigenvalue weighted by Gasteiger charge is -2.34. The van der Waals surface area contributed by atoms with E-state index in [2.05, 4.69) is 46.8 Å². The van der Waals surface area contributed by atoms with Gasteiger partial charge in [-0.3, -0.25) is 9.69 Å². The Morgan fingerprint density at radius 2 is 2.08 bits per heavy atom. The van der Waals surface area contributed by atoms with Crippen LogP contribution in [-0.4, -0.2) is 66.1 Å². The van der Waals surface area contributed by atoms with Gasteiger partial charge in [0, 0.05) is 49.3 Å². The zero-order valence-electron chi connectivity index (χ0n) is 15.1. The van der Waals surface area contributed by atoms with E-state index in [0.717, 1.165) is 50.5 Å². The van der Waals surface area contributed by atoms with Crippen LogP contribution in [0.15, 0.2) is 24.4 Å². The van der Waals surface area contributed by atoms with E-state index in [-0.39, 0.29) is 5.91 Å². The first-order valence-electron chi connectivity index (χ1n) is 9.28. The minimum atomic E-state index is 0.242. The largest absolute Gasteiger partial charge is 0.379 e. The van der Waals surface area contributed by atoms with Gasteiger partial charge in [-0.15, -0.1) is 0 Å². The predicted octanol–water partition coefficient (Wildman–Crippen LogP) is 2.20. The average Bonchev–Trinajstić information content (AvgIpc) is 3.20. The van der Waals surface area contributed by atoms with Crippen molar-refractivity contribution in [2.45, 2.75) is 26.3 Å². The third-order valence-electron chi connectivity index (χ3n) is 5.78. The number of hydrogen-bond donors (Lipinski definition) is 1. The van der Waals surface area contributed by atoms with Gasteiger partial charge in [0.2, 0.25) is 5.91 Å². The Morgan fingerprint density at radius 1 is 1.28 bits per heavy atom. The van der Waals surface area contributed by atoms with E-state index >= 15 is 0 Å². The van der Waals surface area contributed by atoms with Gasteiger partial charge in [0.25, 0.3) is 0 Å². The molecule has 1 N–H and O–H groups in total. The summed E-state index contributed by atoms with van der Waals surface area (Å²) in [7, 11) is 0. The van der Waals surface area contributed by atoms with Crippen molar-refractivity contribution in [1.29, 1.82) is 0 Å². The number of likely N-dealkylation sites (tertiary alicyclic amines) is 1. The monoisotopic (exact) mass is 341 g/mol. The van der Waals surface area contributed by atoms with Crippen LogP contribution in [0.2, 0.25) is 0 Å². The molecule has 2 aliphatic heterocycles. The molecule has 0 saturated carbocycles. The van der Waals surface area contributed by atoms with Gasteiger partial charge in [-0.25, -0.2) is 0 Å². The molecule has 0 aliphatic carbocycles. The number of amides is 1. The molecule has 2 aromatic rings. The second-order valence-corrected chi connectivity index (χ2v) is 7.48. The fourth-order valence-corrected chi connectivity index (χ4v) is 4.40. The molecule has 2 saturated heterocycles. The first-order valence-corrected chi connectivity index (χ1v) is 9.28. The molecule has 0 unspecified atom stereocenters. The van der Waals surface area contributed by atoms with E-state index < -0.39 is 0 Å². The molecule has 0 spiro atoms. The van der Waals surface area contributed by atoms with E-state index in [1.807, 2.05) is 6.20 Å². The highest BCUT2D eigenvalue weighted by Crippen LogP contribution is 2.26. The van der Waals surface area contributed by atoms with Crippen molar-refractivity contribution in [1.82, 2.24) is 14.8 Å². The van der Waals surface area contributed by atoms with Crippen LogP contribution in [0.4, 0.5) is 0 Å². The zero-order chi connectivity index (χ0) is 17.4. The van der Waals surface area contributed by atoms with Gasteiger partial charge in [0.15, 0.2) is 0 Å². The van der Waals surface area contributed by atoms with Gasteiger partial charge in [-0.1, -0.05) is 19.1 Å². The molecule has 1 amide bonds. The van der Waals surface area contributed by atoms with Crippen molar-refractivity contribution in [2.75, 3.05) is 39.4 Å². The Bertz CT molecular complexity index is 763. The van der Waals surface area contributed by atoms with Gasteiger partial charge in [0.05, 0.1) is 19.6 Å². The van der Waals surface area contributed by atoms with Crippen molar-refractivity contribution in [3.05, 3.63) is 35.5 Å². The molecule has 1 aromatic carbocycles. The van der Waals surface area contributed by atoms with Crippen molar-refractivity contribution < 1.29 is 9.53 Å². The maximum absolute atomic E-state index is 12.9. The summed E-state index contributed by atoms with van der Waals surface area (Å²) in [5.41, 5.74) is 3.45. The van der Waals surface area contributed by atoms with E-state index in [0.29, 0.717) is 18.4 Å². The van der Waals surface area contributed by atoms with E-state index in [9.17, 15) is 4.79 Å². The SMILES string of the molecule is Cc1cccc2[nH]cc(CC(=O)N3C[C@@H](N4CCOCC4)[C@@H](C)C3)c12. The van der Waals surface area contributed by atoms with Crippen LogP contribution in [0.25, 0.3) is 10.9 Å². The normalized spacial score (nSPS) is 25.0. The third kappa shape index (κ3) is 3.18. The molecule has 4 rings (SSSR count). The number of aromatic nitrogens is 1. The summed E-state index contributed by atoms with van der Waals surface area (Å²) in [4.78, 5) is 20.8. The van der Waals surface area contributed by atoms with Crippen molar-refractivity contribution in [2.24, 2.45) is 5.92 Å². The molecule has 2 fully saturated rings. The van der Waals surface area contributed by atoms with Crippen molar-refractivity contribution >= 4 is 16.8 Å². The van der Waals surface area contributed by atoms with Crippen molar-refractivity contribution in [3.63, 3.8) is 0 Å². The minimum Gasteiger partial charge on any atom is -0.379 e. The second kappa shape index (κ2) is 6.81. The summed E-state index contributed by atoms with van der Waals surface area (Å²) in [6.45, 7) is 9.68. The molecule has 0 bridgehead atoms. The topological polar surface area (TPSA) is 48.6 Å². The van der Waals surface area contributed by atoms with Gasteiger partial charge < -0.3 is 14.6 Å². The van der Waals surface area contributed by atoms with E-state index in [1.54, 1.807) is 0 Å². The quantitative estimate of drug-likeness (QED) is 0.931. The fourth-order valence-electron chi connectivity index (χ4n) is 4.40.